The molecule has 3 aromatic rings. The molecule has 1 heterocycles. The van der Waals surface area contributed by atoms with E-state index in [1.165, 1.54) is 0 Å². The SMILES string of the molecule is CCCCOc1ccccc1N(C)c1ncc(C(F)(F)F)c(Sc2ccccc2)n1. The lowest BCUT2D eigenvalue weighted by molar-refractivity contribution is -0.140. The molecule has 0 unspecified atom stereocenters. The molecule has 0 amide bonds. The molecule has 2 aromatic carbocycles. The van der Waals surface area contributed by atoms with Crippen molar-refractivity contribution in [1.82, 2.24) is 9.97 Å². The van der Waals surface area contributed by atoms with E-state index in [-0.39, 0.29) is 11.0 Å². The first-order valence-electron chi connectivity index (χ1n) is 9.53. The number of ether oxygens (including phenoxy) is 1. The Kier molecular flexibility index (Phi) is 7.20. The molecule has 3 rings (SSSR count). The van der Waals surface area contributed by atoms with Crippen molar-refractivity contribution in [3.8, 4) is 5.75 Å². The van der Waals surface area contributed by atoms with Gasteiger partial charge in [-0.15, -0.1) is 0 Å². The Balaban J connectivity index is 1.95. The van der Waals surface area contributed by atoms with Crippen molar-refractivity contribution in [1.29, 1.82) is 0 Å². The van der Waals surface area contributed by atoms with Gasteiger partial charge in [-0.05, 0) is 30.7 Å². The Hall–Kier alpha value is -2.74. The fraction of sp³-hybridized carbons (Fsp3) is 0.273. The van der Waals surface area contributed by atoms with Gasteiger partial charge in [0.15, 0.2) is 0 Å². The Morgan fingerprint density at radius 2 is 1.73 bits per heavy atom. The van der Waals surface area contributed by atoms with Crippen molar-refractivity contribution in [2.24, 2.45) is 0 Å². The van der Waals surface area contributed by atoms with E-state index in [1.807, 2.05) is 30.3 Å². The molecule has 0 atom stereocenters. The molecular weight excluding hydrogens is 411 g/mol. The van der Waals surface area contributed by atoms with Crippen LogP contribution in [-0.4, -0.2) is 23.6 Å². The molecule has 30 heavy (non-hydrogen) atoms. The van der Waals surface area contributed by atoms with Gasteiger partial charge < -0.3 is 9.64 Å². The highest BCUT2D eigenvalue weighted by Gasteiger charge is 2.35. The van der Waals surface area contributed by atoms with Gasteiger partial charge in [-0.1, -0.05) is 55.4 Å². The number of para-hydroxylation sites is 2. The summed E-state index contributed by atoms with van der Waals surface area (Å²) in [6.07, 6.45) is -1.80. The number of alkyl halides is 3. The minimum Gasteiger partial charge on any atom is -0.491 e. The standard InChI is InChI=1S/C22H22F3N3OS/c1-3-4-14-29-19-13-9-8-12-18(19)28(2)21-26-15-17(22(23,24)25)20(27-21)30-16-10-6-5-7-11-16/h5-13,15H,3-4,14H2,1-2H3. The van der Waals surface area contributed by atoms with E-state index in [9.17, 15) is 13.2 Å². The molecule has 158 valence electrons. The third-order valence-corrected chi connectivity index (χ3v) is 5.30. The van der Waals surface area contributed by atoms with Gasteiger partial charge in [0.2, 0.25) is 5.95 Å². The summed E-state index contributed by atoms with van der Waals surface area (Å²) in [5.41, 5.74) is -0.176. The molecule has 8 heteroatoms. The molecule has 0 N–H and O–H groups in total. The zero-order chi connectivity index (χ0) is 21.6. The smallest absolute Gasteiger partial charge is 0.420 e. The molecule has 0 saturated carbocycles. The number of halogens is 3. The molecular formula is C22H22F3N3OS. The zero-order valence-corrected chi connectivity index (χ0v) is 17.5. The van der Waals surface area contributed by atoms with E-state index in [4.69, 9.17) is 4.74 Å². The third-order valence-electron chi connectivity index (χ3n) is 4.29. The van der Waals surface area contributed by atoms with Gasteiger partial charge in [-0.25, -0.2) is 9.97 Å². The second kappa shape index (κ2) is 9.84. The van der Waals surface area contributed by atoms with Gasteiger partial charge in [0.1, 0.15) is 16.3 Å². The Labute approximate surface area is 178 Å². The lowest BCUT2D eigenvalue weighted by Crippen LogP contribution is -2.17. The van der Waals surface area contributed by atoms with Gasteiger partial charge in [0.25, 0.3) is 0 Å². The summed E-state index contributed by atoms with van der Waals surface area (Å²) in [5, 5.41) is -0.144. The average Bonchev–Trinajstić information content (AvgIpc) is 2.74. The van der Waals surface area contributed by atoms with Crippen molar-refractivity contribution in [2.75, 3.05) is 18.6 Å². The number of hydrogen-bond acceptors (Lipinski definition) is 5. The Bertz CT molecular complexity index is 967. The van der Waals surface area contributed by atoms with Crippen LogP contribution in [0.1, 0.15) is 25.3 Å². The third kappa shape index (κ3) is 5.44. The summed E-state index contributed by atoms with van der Waals surface area (Å²) >= 11 is 0.960. The number of benzene rings is 2. The van der Waals surface area contributed by atoms with Gasteiger partial charge in [-0.2, -0.15) is 13.2 Å². The highest BCUT2D eigenvalue weighted by Crippen LogP contribution is 2.39. The minimum absolute atomic E-state index is 0.144. The number of nitrogens with zero attached hydrogens (tertiary/aromatic N) is 3. The van der Waals surface area contributed by atoms with Gasteiger partial charge in [-0.3, -0.25) is 0 Å². The Morgan fingerprint density at radius 1 is 1.03 bits per heavy atom. The normalized spacial score (nSPS) is 11.4. The number of hydrogen-bond donors (Lipinski definition) is 0. The van der Waals surface area contributed by atoms with Crippen LogP contribution in [0.3, 0.4) is 0 Å². The predicted octanol–water partition coefficient (Wildman–Crippen LogP) is 6.59. The highest BCUT2D eigenvalue weighted by atomic mass is 32.2. The molecule has 0 aliphatic carbocycles. The molecule has 0 radical (unpaired) electrons. The number of unbranched alkanes of at least 4 members (excludes halogenated alkanes) is 1. The highest BCUT2D eigenvalue weighted by molar-refractivity contribution is 7.99. The first-order valence-corrected chi connectivity index (χ1v) is 10.3. The van der Waals surface area contributed by atoms with Crippen LogP contribution in [0, 0.1) is 0 Å². The van der Waals surface area contributed by atoms with E-state index >= 15 is 0 Å². The minimum atomic E-state index is -4.55. The lowest BCUT2D eigenvalue weighted by Gasteiger charge is -2.22. The van der Waals surface area contributed by atoms with E-state index in [2.05, 4.69) is 16.9 Å². The summed E-state index contributed by atoms with van der Waals surface area (Å²) in [5.74, 6) is 0.794. The molecule has 0 fully saturated rings. The topological polar surface area (TPSA) is 38.2 Å². The fourth-order valence-electron chi connectivity index (χ4n) is 2.68. The van der Waals surface area contributed by atoms with Crippen molar-refractivity contribution >= 4 is 23.4 Å². The quantitative estimate of drug-likeness (QED) is 0.296. The van der Waals surface area contributed by atoms with Gasteiger partial charge in [0, 0.05) is 18.1 Å². The second-order valence-corrected chi connectivity index (χ2v) is 7.59. The maximum Gasteiger partial charge on any atom is 0.420 e. The monoisotopic (exact) mass is 433 g/mol. The maximum atomic E-state index is 13.5. The molecule has 4 nitrogen and oxygen atoms in total. The van der Waals surface area contributed by atoms with Crippen LogP contribution in [0.15, 0.2) is 70.7 Å². The van der Waals surface area contributed by atoms with Gasteiger partial charge in [0.05, 0.1) is 12.3 Å². The number of rotatable bonds is 8. The van der Waals surface area contributed by atoms with Crippen molar-refractivity contribution in [3.63, 3.8) is 0 Å². The van der Waals surface area contributed by atoms with Crippen molar-refractivity contribution in [2.45, 2.75) is 35.9 Å². The van der Waals surface area contributed by atoms with Crippen LogP contribution in [0.5, 0.6) is 5.75 Å². The molecule has 0 spiro atoms. The number of anilines is 2. The van der Waals surface area contributed by atoms with E-state index in [1.54, 1.807) is 36.2 Å². The van der Waals surface area contributed by atoms with Crippen LogP contribution in [-0.2, 0) is 6.18 Å². The van der Waals surface area contributed by atoms with Crippen LogP contribution in [0.2, 0.25) is 0 Å². The maximum absolute atomic E-state index is 13.5. The van der Waals surface area contributed by atoms with Crippen molar-refractivity contribution in [3.05, 3.63) is 66.4 Å². The van der Waals surface area contributed by atoms with Gasteiger partial charge >= 0.3 is 6.18 Å². The molecule has 0 aliphatic rings. The van der Waals surface area contributed by atoms with Crippen LogP contribution in [0.4, 0.5) is 24.8 Å². The zero-order valence-electron chi connectivity index (χ0n) is 16.7. The lowest BCUT2D eigenvalue weighted by atomic mass is 10.2. The molecule has 0 bridgehead atoms. The average molecular weight is 433 g/mol. The molecule has 1 aromatic heterocycles. The first kappa shape index (κ1) is 22.0. The van der Waals surface area contributed by atoms with Crippen LogP contribution >= 0.6 is 11.8 Å². The summed E-state index contributed by atoms with van der Waals surface area (Å²) in [4.78, 5) is 10.5. The Morgan fingerprint density at radius 3 is 2.43 bits per heavy atom. The van der Waals surface area contributed by atoms with Crippen LogP contribution < -0.4 is 9.64 Å². The largest absolute Gasteiger partial charge is 0.491 e. The summed E-state index contributed by atoms with van der Waals surface area (Å²) < 4.78 is 46.4. The summed E-state index contributed by atoms with van der Waals surface area (Å²) in [6.45, 7) is 2.63. The predicted molar refractivity (Wildman–Crippen MR) is 113 cm³/mol. The summed E-state index contributed by atoms with van der Waals surface area (Å²) in [6, 6.07) is 16.2. The summed E-state index contributed by atoms with van der Waals surface area (Å²) in [7, 11) is 1.71. The second-order valence-electron chi connectivity index (χ2n) is 6.53. The first-order chi connectivity index (χ1) is 14.4. The van der Waals surface area contributed by atoms with E-state index in [0.717, 1.165) is 30.8 Å². The number of aromatic nitrogens is 2. The van der Waals surface area contributed by atoms with E-state index in [0.29, 0.717) is 22.9 Å². The fourth-order valence-corrected chi connectivity index (χ4v) is 3.60. The van der Waals surface area contributed by atoms with Crippen molar-refractivity contribution < 1.29 is 17.9 Å². The molecule has 0 saturated heterocycles. The van der Waals surface area contributed by atoms with Crippen LogP contribution in [0.25, 0.3) is 0 Å². The molecule has 0 aliphatic heterocycles. The van der Waals surface area contributed by atoms with E-state index < -0.39 is 11.7 Å².